The second-order valence-electron chi connectivity index (χ2n) is 7.79. The van der Waals surface area contributed by atoms with Crippen LogP contribution in [0.5, 0.6) is 5.75 Å². The summed E-state index contributed by atoms with van der Waals surface area (Å²) in [6.45, 7) is 2.73. The normalized spacial score (nSPS) is 15.9. The molecule has 2 heterocycles. The van der Waals surface area contributed by atoms with E-state index in [1.165, 1.54) is 37.7 Å². The SMILES string of the molecule is [2H]C([2H])([2H])Oc1cc2ncnc(Nc3cccc(C#C)c3)c2cc1NC(=O)/C=C/CN1CCCCC1. The number of amides is 1. The van der Waals surface area contributed by atoms with Crippen molar-refractivity contribution in [3.8, 4) is 18.1 Å². The van der Waals surface area contributed by atoms with E-state index in [9.17, 15) is 4.79 Å². The fourth-order valence-corrected chi connectivity index (χ4v) is 3.81. The first-order valence-corrected chi connectivity index (χ1v) is 10.8. The van der Waals surface area contributed by atoms with Crippen LogP contribution < -0.4 is 15.4 Å². The van der Waals surface area contributed by atoms with Gasteiger partial charge in [0.25, 0.3) is 0 Å². The molecule has 168 valence electrons. The summed E-state index contributed by atoms with van der Waals surface area (Å²) >= 11 is 0. The van der Waals surface area contributed by atoms with Gasteiger partial charge in [-0.15, -0.1) is 6.42 Å². The maximum atomic E-state index is 12.7. The van der Waals surface area contributed by atoms with E-state index in [1.54, 1.807) is 18.2 Å². The second kappa shape index (κ2) is 10.6. The molecule has 0 aliphatic carbocycles. The number of methoxy groups -OCH3 is 1. The molecule has 0 unspecified atom stereocenters. The van der Waals surface area contributed by atoms with Gasteiger partial charge < -0.3 is 15.4 Å². The zero-order valence-corrected chi connectivity index (χ0v) is 18.2. The zero-order chi connectivity index (χ0) is 25.5. The van der Waals surface area contributed by atoms with Gasteiger partial charge in [0, 0.05) is 35.3 Å². The average molecular weight is 445 g/mol. The van der Waals surface area contributed by atoms with Crippen LogP contribution in [0.15, 0.2) is 54.9 Å². The van der Waals surface area contributed by atoms with Crippen molar-refractivity contribution in [3.05, 3.63) is 60.4 Å². The summed E-state index contributed by atoms with van der Waals surface area (Å²) in [5.41, 5.74) is 2.07. The molecule has 2 aromatic carbocycles. The largest absolute Gasteiger partial charge is 0.494 e. The van der Waals surface area contributed by atoms with Crippen LogP contribution in [0.3, 0.4) is 0 Å². The molecule has 0 radical (unpaired) electrons. The number of ether oxygens (including phenoxy) is 1. The number of anilines is 3. The lowest BCUT2D eigenvalue weighted by atomic mass is 10.1. The highest BCUT2D eigenvalue weighted by molar-refractivity contribution is 6.03. The summed E-state index contributed by atoms with van der Waals surface area (Å²) in [6, 6.07) is 10.4. The number of piperidine rings is 1. The molecule has 0 saturated carbocycles. The van der Waals surface area contributed by atoms with Crippen LogP contribution in [-0.2, 0) is 4.79 Å². The minimum absolute atomic E-state index is 0.0146. The number of nitrogens with zero attached hydrogens (tertiary/aromatic N) is 3. The number of benzene rings is 2. The number of carbonyl (C=O) groups is 1. The molecule has 33 heavy (non-hydrogen) atoms. The van der Waals surface area contributed by atoms with Gasteiger partial charge in [-0.05, 0) is 50.2 Å². The van der Waals surface area contributed by atoms with Gasteiger partial charge in [-0.2, -0.15) is 0 Å². The van der Waals surface area contributed by atoms with Crippen LogP contribution in [-0.4, -0.2) is 47.4 Å². The number of carbonyl (C=O) groups excluding carboxylic acids is 1. The zero-order valence-electron chi connectivity index (χ0n) is 21.2. The van der Waals surface area contributed by atoms with Crippen LogP contribution in [0.4, 0.5) is 17.2 Å². The van der Waals surface area contributed by atoms with Gasteiger partial charge in [0.05, 0.1) is 22.4 Å². The highest BCUT2D eigenvalue weighted by Gasteiger charge is 2.13. The van der Waals surface area contributed by atoms with Gasteiger partial charge >= 0.3 is 0 Å². The predicted molar refractivity (Wildman–Crippen MR) is 132 cm³/mol. The topological polar surface area (TPSA) is 79.4 Å². The fourth-order valence-electron chi connectivity index (χ4n) is 3.81. The molecule has 1 amide bonds. The highest BCUT2D eigenvalue weighted by atomic mass is 16.5. The fraction of sp³-hybridized carbons (Fsp3) is 0.269. The molecule has 1 fully saturated rings. The Morgan fingerprint density at radius 1 is 1.27 bits per heavy atom. The van der Waals surface area contributed by atoms with Crippen molar-refractivity contribution in [1.82, 2.24) is 14.9 Å². The molecule has 1 aromatic heterocycles. The van der Waals surface area contributed by atoms with Crippen molar-refractivity contribution >= 4 is 34.0 Å². The molecule has 1 aliphatic heterocycles. The number of likely N-dealkylation sites (tertiary alicyclic amines) is 1. The molecule has 4 rings (SSSR count). The summed E-state index contributed by atoms with van der Waals surface area (Å²) in [6.07, 6.45) is 13.7. The van der Waals surface area contributed by atoms with Gasteiger partial charge in [-0.25, -0.2) is 9.97 Å². The van der Waals surface area contributed by atoms with Crippen LogP contribution in [0, 0.1) is 12.3 Å². The third kappa shape index (κ3) is 5.68. The van der Waals surface area contributed by atoms with Crippen LogP contribution in [0.2, 0.25) is 0 Å². The second-order valence-corrected chi connectivity index (χ2v) is 7.79. The summed E-state index contributed by atoms with van der Waals surface area (Å²) in [5.74, 6) is 2.64. The van der Waals surface area contributed by atoms with Gasteiger partial charge in [-0.1, -0.05) is 24.5 Å². The Morgan fingerprint density at radius 3 is 2.97 bits per heavy atom. The lowest BCUT2D eigenvalue weighted by molar-refractivity contribution is -0.111. The van der Waals surface area contributed by atoms with Crippen molar-refractivity contribution in [2.75, 3.05) is 37.3 Å². The molecule has 7 nitrogen and oxygen atoms in total. The van der Waals surface area contributed by atoms with Gasteiger partial charge in [0.1, 0.15) is 17.9 Å². The van der Waals surface area contributed by atoms with E-state index in [0.717, 1.165) is 18.8 Å². The molecule has 7 heteroatoms. The minimum atomic E-state index is -2.71. The van der Waals surface area contributed by atoms with E-state index in [1.807, 2.05) is 18.2 Å². The van der Waals surface area contributed by atoms with Crippen LogP contribution in [0.1, 0.15) is 28.9 Å². The standard InChI is InChI=1S/C26H27N5O2/c1-3-19-9-7-10-20(15-19)29-26-21-16-23(24(33-2)17-22(21)27-18-28-26)30-25(32)11-8-14-31-12-5-4-6-13-31/h1,7-11,15-18H,4-6,12-14H2,2H3,(H,30,32)(H,27,28,29)/b11-8+/i2D3. The Hall–Kier alpha value is -3.89. The quantitative estimate of drug-likeness (QED) is 0.417. The maximum Gasteiger partial charge on any atom is 0.248 e. The van der Waals surface area contributed by atoms with E-state index in [0.29, 0.717) is 28.8 Å². The number of hydrogen-bond acceptors (Lipinski definition) is 6. The van der Waals surface area contributed by atoms with Gasteiger partial charge in [-0.3, -0.25) is 9.69 Å². The predicted octanol–water partition coefficient (Wildman–Crippen LogP) is 4.34. The summed E-state index contributed by atoms with van der Waals surface area (Å²) < 4.78 is 27.8. The Bertz CT molecular complexity index is 1310. The summed E-state index contributed by atoms with van der Waals surface area (Å²) in [5, 5.41) is 6.52. The summed E-state index contributed by atoms with van der Waals surface area (Å²) in [4.78, 5) is 23.5. The first-order chi connectivity index (χ1) is 17.3. The van der Waals surface area contributed by atoms with E-state index in [-0.39, 0.29) is 11.4 Å². The number of terminal acetylenes is 1. The Kier molecular flexibility index (Phi) is 6.00. The van der Waals surface area contributed by atoms with E-state index >= 15 is 0 Å². The molecule has 0 atom stereocenters. The Morgan fingerprint density at radius 2 is 2.15 bits per heavy atom. The van der Waals surface area contributed by atoms with Crippen LogP contribution >= 0.6 is 0 Å². The molecular weight excluding hydrogens is 414 g/mol. The van der Waals surface area contributed by atoms with Crippen LogP contribution in [0.25, 0.3) is 10.9 Å². The maximum absolute atomic E-state index is 12.7. The van der Waals surface area contributed by atoms with E-state index in [2.05, 4.69) is 31.4 Å². The van der Waals surface area contributed by atoms with Crippen molar-refractivity contribution < 1.29 is 13.6 Å². The molecule has 0 spiro atoms. The first-order valence-electron chi connectivity index (χ1n) is 12.3. The first kappa shape index (κ1) is 18.7. The monoisotopic (exact) mass is 444 g/mol. The third-order valence-corrected chi connectivity index (χ3v) is 5.48. The molecule has 3 aromatic rings. The number of aromatic nitrogens is 2. The molecule has 2 N–H and O–H groups in total. The minimum Gasteiger partial charge on any atom is -0.494 e. The van der Waals surface area contributed by atoms with Crippen molar-refractivity contribution in [2.45, 2.75) is 19.3 Å². The Balaban J connectivity index is 1.62. The molecule has 1 saturated heterocycles. The molecular formula is C26H27N5O2. The van der Waals surface area contributed by atoms with E-state index < -0.39 is 12.9 Å². The molecule has 1 aliphatic rings. The summed E-state index contributed by atoms with van der Waals surface area (Å²) in [7, 11) is -2.71. The number of rotatable bonds is 7. The van der Waals surface area contributed by atoms with Gasteiger partial charge in [0.2, 0.25) is 5.91 Å². The lowest BCUT2D eigenvalue weighted by Gasteiger charge is -2.24. The number of hydrogen-bond donors (Lipinski definition) is 2. The van der Waals surface area contributed by atoms with Gasteiger partial charge in [0.15, 0.2) is 0 Å². The van der Waals surface area contributed by atoms with Crippen molar-refractivity contribution in [1.29, 1.82) is 0 Å². The van der Waals surface area contributed by atoms with Crippen molar-refractivity contribution in [3.63, 3.8) is 0 Å². The number of nitrogens with one attached hydrogen (secondary N) is 2. The van der Waals surface area contributed by atoms with E-state index in [4.69, 9.17) is 15.3 Å². The lowest BCUT2D eigenvalue weighted by Crippen LogP contribution is -2.29. The molecule has 0 bridgehead atoms. The smallest absolute Gasteiger partial charge is 0.248 e. The van der Waals surface area contributed by atoms with Crippen molar-refractivity contribution in [2.24, 2.45) is 0 Å². The third-order valence-electron chi connectivity index (χ3n) is 5.48. The average Bonchev–Trinajstić information content (AvgIpc) is 2.85. The highest BCUT2D eigenvalue weighted by Crippen LogP contribution is 2.33. The Labute approximate surface area is 198 Å². The number of fused-ring (bicyclic) bond motifs is 1.